The Kier molecular flexibility index (Phi) is 8.87. The van der Waals surface area contributed by atoms with Crippen molar-refractivity contribution in [3.8, 4) is 0 Å². The van der Waals surface area contributed by atoms with E-state index in [-0.39, 0.29) is 18.2 Å². The molecule has 2 unspecified atom stereocenters. The summed E-state index contributed by atoms with van der Waals surface area (Å²) >= 11 is 0. The topological polar surface area (TPSA) is 76.8 Å². The Bertz CT molecular complexity index is 344. The van der Waals surface area contributed by atoms with E-state index in [0.29, 0.717) is 19.7 Å². The molecule has 0 saturated carbocycles. The maximum absolute atomic E-state index is 12.3. The number of nitrogens with two attached hydrogens (primary N) is 1. The number of nitrogens with zero attached hydrogens (tertiary/aromatic N) is 1. The number of carbonyl (C=O) groups is 1. The molecule has 1 saturated heterocycles. The minimum Gasteiger partial charge on any atom is -0.444 e. The second-order valence-electron chi connectivity index (χ2n) is 7.37. The molecular weight excluding hydrogens is 294 g/mol. The van der Waals surface area contributed by atoms with Gasteiger partial charge in [0.2, 0.25) is 0 Å². The fourth-order valence-corrected chi connectivity index (χ4v) is 2.88. The molecule has 3 N–H and O–H groups in total. The number of carbonyl (C=O) groups excluding carboxylic acids is 1. The number of hydrogen-bond donors (Lipinski definition) is 2. The minimum atomic E-state index is -0.452. The maximum Gasteiger partial charge on any atom is 0.410 e. The van der Waals surface area contributed by atoms with Crippen LogP contribution in [0.5, 0.6) is 0 Å². The Morgan fingerprint density at radius 1 is 1.39 bits per heavy atom. The first-order valence-corrected chi connectivity index (χ1v) is 8.78. The largest absolute Gasteiger partial charge is 0.444 e. The lowest BCUT2D eigenvalue weighted by Crippen LogP contribution is -2.48. The normalized spacial score (nSPS) is 20.9. The molecule has 1 fully saturated rings. The van der Waals surface area contributed by atoms with Gasteiger partial charge in [-0.2, -0.15) is 0 Å². The number of rotatable bonds is 7. The van der Waals surface area contributed by atoms with Crippen LogP contribution in [0.4, 0.5) is 4.79 Å². The molecule has 0 spiro atoms. The van der Waals surface area contributed by atoms with Gasteiger partial charge < -0.3 is 25.4 Å². The van der Waals surface area contributed by atoms with Crippen molar-refractivity contribution in [2.45, 2.75) is 70.6 Å². The third kappa shape index (κ3) is 8.53. The number of methoxy groups -OCH3 is 1. The van der Waals surface area contributed by atoms with Gasteiger partial charge in [-0.1, -0.05) is 6.42 Å². The van der Waals surface area contributed by atoms with Gasteiger partial charge in [0.15, 0.2) is 0 Å². The van der Waals surface area contributed by atoms with E-state index in [4.69, 9.17) is 15.2 Å². The van der Waals surface area contributed by atoms with Gasteiger partial charge in [0, 0.05) is 32.3 Å². The molecule has 6 heteroatoms. The van der Waals surface area contributed by atoms with Crippen molar-refractivity contribution in [2.24, 2.45) is 5.73 Å². The van der Waals surface area contributed by atoms with E-state index >= 15 is 0 Å². The molecule has 0 aromatic heterocycles. The summed E-state index contributed by atoms with van der Waals surface area (Å²) in [6.45, 7) is 8.53. The summed E-state index contributed by atoms with van der Waals surface area (Å²) < 4.78 is 10.8. The SMILES string of the molecule is COCC(CCCN)NC1CCCCN(C(=O)OC(C)(C)C)C1. The first-order chi connectivity index (χ1) is 10.9. The highest BCUT2D eigenvalue weighted by molar-refractivity contribution is 5.68. The summed E-state index contributed by atoms with van der Waals surface area (Å²) in [6, 6.07) is 0.565. The van der Waals surface area contributed by atoms with Crippen molar-refractivity contribution in [1.82, 2.24) is 10.2 Å². The van der Waals surface area contributed by atoms with Crippen LogP contribution in [0.25, 0.3) is 0 Å². The lowest BCUT2D eigenvalue weighted by Gasteiger charge is -2.30. The van der Waals surface area contributed by atoms with Crippen molar-refractivity contribution in [3.63, 3.8) is 0 Å². The summed E-state index contributed by atoms with van der Waals surface area (Å²) in [5, 5.41) is 3.65. The van der Waals surface area contributed by atoms with E-state index in [1.807, 2.05) is 25.7 Å². The lowest BCUT2D eigenvalue weighted by atomic mass is 10.1. The molecule has 0 aromatic rings. The van der Waals surface area contributed by atoms with E-state index < -0.39 is 5.60 Å². The number of ether oxygens (including phenoxy) is 2. The van der Waals surface area contributed by atoms with E-state index in [2.05, 4.69) is 5.32 Å². The summed E-state index contributed by atoms with van der Waals surface area (Å²) in [6.07, 6.45) is 4.97. The van der Waals surface area contributed by atoms with Crippen LogP contribution in [0.15, 0.2) is 0 Å². The van der Waals surface area contributed by atoms with Crippen LogP contribution in [0.2, 0.25) is 0 Å². The van der Waals surface area contributed by atoms with E-state index in [0.717, 1.165) is 38.6 Å². The zero-order valence-electron chi connectivity index (χ0n) is 15.3. The number of nitrogens with one attached hydrogen (secondary N) is 1. The molecule has 1 amide bonds. The second kappa shape index (κ2) is 10.1. The predicted octanol–water partition coefficient (Wildman–Crippen LogP) is 2.12. The quantitative estimate of drug-likeness (QED) is 0.748. The fourth-order valence-electron chi connectivity index (χ4n) is 2.88. The highest BCUT2D eigenvalue weighted by Crippen LogP contribution is 2.16. The van der Waals surface area contributed by atoms with E-state index in [9.17, 15) is 4.79 Å². The molecule has 0 bridgehead atoms. The van der Waals surface area contributed by atoms with Gasteiger partial charge in [-0.25, -0.2) is 4.79 Å². The Morgan fingerprint density at radius 2 is 2.13 bits per heavy atom. The predicted molar refractivity (Wildman–Crippen MR) is 92.5 cm³/mol. The molecule has 23 heavy (non-hydrogen) atoms. The molecule has 1 heterocycles. The Morgan fingerprint density at radius 3 is 2.74 bits per heavy atom. The monoisotopic (exact) mass is 329 g/mol. The second-order valence-corrected chi connectivity index (χ2v) is 7.37. The smallest absolute Gasteiger partial charge is 0.410 e. The molecule has 1 aliphatic rings. The molecule has 0 aliphatic carbocycles. The van der Waals surface area contributed by atoms with Crippen molar-refractivity contribution < 1.29 is 14.3 Å². The molecule has 2 atom stereocenters. The van der Waals surface area contributed by atoms with Crippen molar-refractivity contribution in [2.75, 3.05) is 33.4 Å². The molecular formula is C17H35N3O3. The highest BCUT2D eigenvalue weighted by Gasteiger charge is 2.27. The lowest BCUT2D eigenvalue weighted by molar-refractivity contribution is 0.0239. The van der Waals surface area contributed by atoms with Gasteiger partial charge in [0.05, 0.1) is 6.61 Å². The fraction of sp³-hybridized carbons (Fsp3) is 0.941. The van der Waals surface area contributed by atoms with Crippen LogP contribution in [-0.4, -0.2) is 62.0 Å². The van der Waals surface area contributed by atoms with Crippen LogP contribution < -0.4 is 11.1 Å². The zero-order valence-corrected chi connectivity index (χ0v) is 15.3. The number of likely N-dealkylation sites (tertiary alicyclic amines) is 1. The standard InChI is InChI=1S/C17H35N3O3/c1-17(2,3)23-16(21)20-11-6-5-8-14(12-20)19-15(13-22-4)9-7-10-18/h14-15,19H,5-13,18H2,1-4H3. The first kappa shape index (κ1) is 20.2. The third-order valence-corrected chi connectivity index (χ3v) is 3.92. The molecule has 0 aromatic carbocycles. The van der Waals surface area contributed by atoms with Crippen molar-refractivity contribution >= 4 is 6.09 Å². The first-order valence-electron chi connectivity index (χ1n) is 8.78. The van der Waals surface area contributed by atoms with Gasteiger partial charge in [-0.15, -0.1) is 0 Å². The maximum atomic E-state index is 12.3. The average Bonchev–Trinajstić information content (AvgIpc) is 2.69. The van der Waals surface area contributed by atoms with Gasteiger partial charge in [0.1, 0.15) is 5.60 Å². The molecule has 1 aliphatic heterocycles. The van der Waals surface area contributed by atoms with Crippen molar-refractivity contribution in [3.05, 3.63) is 0 Å². The summed E-state index contributed by atoms with van der Waals surface area (Å²) in [7, 11) is 1.72. The molecule has 136 valence electrons. The summed E-state index contributed by atoms with van der Waals surface area (Å²) in [5.74, 6) is 0. The van der Waals surface area contributed by atoms with Crippen molar-refractivity contribution in [1.29, 1.82) is 0 Å². The van der Waals surface area contributed by atoms with E-state index in [1.54, 1.807) is 7.11 Å². The number of hydrogen-bond acceptors (Lipinski definition) is 5. The van der Waals surface area contributed by atoms with Crippen LogP contribution in [-0.2, 0) is 9.47 Å². The Labute approximate surface area is 141 Å². The zero-order chi connectivity index (χ0) is 17.3. The van der Waals surface area contributed by atoms with Gasteiger partial charge in [0.25, 0.3) is 0 Å². The van der Waals surface area contributed by atoms with Crippen LogP contribution >= 0.6 is 0 Å². The molecule has 1 rings (SSSR count). The summed E-state index contributed by atoms with van der Waals surface area (Å²) in [5.41, 5.74) is 5.16. The third-order valence-electron chi connectivity index (χ3n) is 3.92. The highest BCUT2D eigenvalue weighted by atomic mass is 16.6. The Hall–Kier alpha value is -0.850. The van der Waals surface area contributed by atoms with Gasteiger partial charge in [-0.05, 0) is 53.0 Å². The van der Waals surface area contributed by atoms with Gasteiger partial charge in [-0.3, -0.25) is 0 Å². The summed E-state index contributed by atoms with van der Waals surface area (Å²) in [4.78, 5) is 14.2. The van der Waals surface area contributed by atoms with Gasteiger partial charge >= 0.3 is 6.09 Å². The van der Waals surface area contributed by atoms with E-state index in [1.165, 1.54) is 0 Å². The van der Waals surface area contributed by atoms with Crippen LogP contribution in [0.1, 0.15) is 52.9 Å². The van der Waals surface area contributed by atoms with Crippen LogP contribution in [0, 0.1) is 0 Å². The Balaban J connectivity index is 2.58. The average molecular weight is 329 g/mol. The van der Waals surface area contributed by atoms with Crippen LogP contribution in [0.3, 0.4) is 0 Å². The minimum absolute atomic E-state index is 0.212. The molecule has 0 radical (unpaired) electrons. The number of amides is 1. The molecule has 6 nitrogen and oxygen atoms in total.